The van der Waals surface area contributed by atoms with Crippen molar-refractivity contribution in [3.63, 3.8) is 0 Å². The van der Waals surface area contributed by atoms with E-state index < -0.39 is 0 Å². The van der Waals surface area contributed by atoms with Gasteiger partial charge in [-0.2, -0.15) is 0 Å². The fourth-order valence-electron chi connectivity index (χ4n) is 1.87. The lowest BCUT2D eigenvalue weighted by Crippen LogP contribution is -2.34. The molecule has 5 heteroatoms. The fraction of sp³-hybridized carbons (Fsp3) is 0.333. The van der Waals surface area contributed by atoms with Gasteiger partial charge in [0.05, 0.1) is 0 Å². The lowest BCUT2D eigenvalue weighted by Gasteiger charge is -2.22. The molecule has 2 aromatic rings. The molecule has 5 nitrogen and oxygen atoms in total. The maximum absolute atomic E-state index is 12.4. The van der Waals surface area contributed by atoms with Crippen LogP contribution in [0.2, 0.25) is 0 Å². The van der Waals surface area contributed by atoms with Crippen molar-refractivity contribution >= 4 is 0 Å². The summed E-state index contributed by atoms with van der Waals surface area (Å²) in [4.78, 5) is 16.4. The summed E-state index contributed by atoms with van der Waals surface area (Å²) in [6, 6.07) is 7.35. The third kappa shape index (κ3) is 2.88. The molecule has 1 heterocycles. The molecule has 0 aliphatic rings. The topological polar surface area (TPSA) is 70.1 Å². The molecule has 2 rings (SSSR count). The lowest BCUT2D eigenvalue weighted by atomic mass is 10.1. The molecule has 1 aromatic carbocycles. The van der Waals surface area contributed by atoms with Crippen LogP contribution in [-0.4, -0.2) is 9.55 Å². The molecule has 0 aliphatic carbocycles. The van der Waals surface area contributed by atoms with Crippen molar-refractivity contribution in [1.82, 2.24) is 9.55 Å². The summed E-state index contributed by atoms with van der Waals surface area (Å²) in [5, 5.41) is 0. The minimum Gasteiger partial charge on any atom is -0.434 e. The number of ether oxygens (including phenoxy) is 1. The zero-order valence-electron chi connectivity index (χ0n) is 12.0. The number of hydrogen-bond donors (Lipinski definition) is 1. The maximum Gasteiger partial charge on any atom is 0.314 e. The number of nitrogens with two attached hydrogens (primary N) is 1. The Labute approximate surface area is 118 Å². The van der Waals surface area contributed by atoms with E-state index in [4.69, 9.17) is 10.5 Å². The van der Waals surface area contributed by atoms with E-state index in [9.17, 15) is 4.79 Å². The molecule has 1 aromatic heterocycles. The summed E-state index contributed by atoms with van der Waals surface area (Å²) in [6.07, 6.45) is 3.22. The Balaban J connectivity index is 2.43. The van der Waals surface area contributed by atoms with Gasteiger partial charge in [-0.05, 0) is 26.8 Å². The molecule has 2 N–H and O–H groups in total. The van der Waals surface area contributed by atoms with Gasteiger partial charge in [-0.1, -0.05) is 18.2 Å². The number of para-hydroxylation sites is 1. The largest absolute Gasteiger partial charge is 0.434 e. The molecule has 0 fully saturated rings. The highest BCUT2D eigenvalue weighted by molar-refractivity contribution is 5.35. The van der Waals surface area contributed by atoms with Crippen LogP contribution in [0.5, 0.6) is 11.6 Å². The molecule has 0 spiro atoms. The Bertz CT molecular complexity index is 657. The summed E-state index contributed by atoms with van der Waals surface area (Å²) >= 11 is 0. The summed E-state index contributed by atoms with van der Waals surface area (Å²) in [5.74, 6) is 0.620. The minimum absolute atomic E-state index is 0.0586. The Morgan fingerprint density at radius 2 is 2.00 bits per heavy atom. The van der Waals surface area contributed by atoms with Crippen molar-refractivity contribution < 1.29 is 4.74 Å². The van der Waals surface area contributed by atoms with E-state index in [1.54, 1.807) is 23.0 Å². The smallest absolute Gasteiger partial charge is 0.314 e. The first-order valence-electron chi connectivity index (χ1n) is 6.47. The van der Waals surface area contributed by atoms with E-state index in [2.05, 4.69) is 4.98 Å². The molecule has 0 unspecified atom stereocenters. The summed E-state index contributed by atoms with van der Waals surface area (Å²) in [5.41, 5.74) is 5.91. The van der Waals surface area contributed by atoms with Crippen LogP contribution < -0.4 is 16.0 Å². The highest BCUT2D eigenvalue weighted by Gasteiger charge is 2.18. The molecule has 0 saturated carbocycles. The molecule has 0 amide bonds. The second kappa shape index (κ2) is 5.46. The molecular weight excluding hydrogens is 254 g/mol. The second-order valence-electron chi connectivity index (χ2n) is 5.49. The van der Waals surface area contributed by atoms with Gasteiger partial charge in [-0.25, -0.2) is 4.98 Å². The van der Waals surface area contributed by atoms with Crippen molar-refractivity contribution in [2.45, 2.75) is 32.9 Å². The Kier molecular flexibility index (Phi) is 3.90. The first-order valence-corrected chi connectivity index (χ1v) is 6.47. The van der Waals surface area contributed by atoms with Gasteiger partial charge < -0.3 is 15.0 Å². The Hall–Kier alpha value is -2.14. The van der Waals surface area contributed by atoms with Crippen molar-refractivity contribution in [2.24, 2.45) is 5.73 Å². The van der Waals surface area contributed by atoms with Gasteiger partial charge in [0.1, 0.15) is 5.75 Å². The van der Waals surface area contributed by atoms with Gasteiger partial charge in [0.2, 0.25) is 0 Å². The monoisotopic (exact) mass is 273 g/mol. The molecule has 20 heavy (non-hydrogen) atoms. The highest BCUT2D eigenvalue weighted by Crippen LogP contribution is 2.22. The second-order valence-corrected chi connectivity index (χ2v) is 5.49. The van der Waals surface area contributed by atoms with Crippen molar-refractivity contribution in [3.05, 3.63) is 52.6 Å². The normalized spacial score (nSPS) is 11.4. The molecule has 0 saturated heterocycles. The number of nitrogens with zero attached hydrogens (tertiary/aromatic N) is 2. The van der Waals surface area contributed by atoms with Crippen molar-refractivity contribution in [1.29, 1.82) is 0 Å². The van der Waals surface area contributed by atoms with Crippen LogP contribution in [0.25, 0.3) is 0 Å². The fourth-order valence-corrected chi connectivity index (χ4v) is 1.87. The third-order valence-corrected chi connectivity index (χ3v) is 2.93. The van der Waals surface area contributed by atoms with Crippen molar-refractivity contribution in [3.8, 4) is 11.6 Å². The van der Waals surface area contributed by atoms with Gasteiger partial charge in [-0.3, -0.25) is 4.79 Å². The van der Waals surface area contributed by atoms with E-state index >= 15 is 0 Å². The maximum atomic E-state index is 12.4. The van der Waals surface area contributed by atoms with Crippen LogP contribution in [0.4, 0.5) is 0 Å². The lowest BCUT2D eigenvalue weighted by molar-refractivity contribution is 0.362. The highest BCUT2D eigenvalue weighted by atomic mass is 16.5. The van der Waals surface area contributed by atoms with E-state index in [-0.39, 0.29) is 17.0 Å². The third-order valence-electron chi connectivity index (χ3n) is 2.93. The van der Waals surface area contributed by atoms with Gasteiger partial charge >= 0.3 is 5.56 Å². The minimum atomic E-state index is -0.328. The standard InChI is InChI=1S/C15H19N3O2/c1-15(2,3)18-9-8-17-13(14(18)19)20-12-7-5-4-6-11(12)10-16/h4-9H,10,16H2,1-3H3. The van der Waals surface area contributed by atoms with Gasteiger partial charge in [0.25, 0.3) is 5.88 Å². The quantitative estimate of drug-likeness (QED) is 0.931. The number of aromatic nitrogens is 2. The molecular formula is C15H19N3O2. The first kappa shape index (κ1) is 14.3. The SMILES string of the molecule is CC(C)(C)n1ccnc(Oc2ccccc2CN)c1=O. The van der Waals surface area contributed by atoms with Gasteiger partial charge in [-0.15, -0.1) is 0 Å². The predicted octanol–water partition coefficient (Wildman–Crippen LogP) is 2.25. The number of rotatable bonds is 3. The van der Waals surface area contributed by atoms with Crippen molar-refractivity contribution in [2.75, 3.05) is 0 Å². The van der Waals surface area contributed by atoms with Gasteiger partial charge in [0.15, 0.2) is 0 Å². The average molecular weight is 273 g/mol. The first-order chi connectivity index (χ1) is 9.43. The van der Waals surface area contributed by atoms with Crippen LogP contribution in [0.15, 0.2) is 41.5 Å². The van der Waals surface area contributed by atoms with Gasteiger partial charge in [0, 0.05) is 30.0 Å². The molecule has 0 atom stereocenters. The van der Waals surface area contributed by atoms with E-state index in [0.29, 0.717) is 12.3 Å². The average Bonchev–Trinajstić information content (AvgIpc) is 2.40. The zero-order chi connectivity index (χ0) is 14.8. The Morgan fingerprint density at radius 1 is 1.30 bits per heavy atom. The van der Waals surface area contributed by atoms with E-state index in [1.165, 1.54) is 0 Å². The van der Waals surface area contributed by atoms with Crippen LogP contribution in [0, 0.1) is 0 Å². The molecule has 0 bridgehead atoms. The predicted molar refractivity (Wildman–Crippen MR) is 77.9 cm³/mol. The molecule has 0 aliphatic heterocycles. The van der Waals surface area contributed by atoms with E-state index in [1.807, 2.05) is 39.0 Å². The number of benzene rings is 1. The zero-order valence-corrected chi connectivity index (χ0v) is 12.0. The van der Waals surface area contributed by atoms with Crippen LogP contribution in [0.3, 0.4) is 0 Å². The molecule has 106 valence electrons. The summed E-state index contributed by atoms with van der Waals surface area (Å²) in [7, 11) is 0. The molecule has 0 radical (unpaired) electrons. The summed E-state index contributed by atoms with van der Waals surface area (Å²) in [6.45, 7) is 6.19. The Morgan fingerprint density at radius 3 is 2.65 bits per heavy atom. The van der Waals surface area contributed by atoms with Crippen LogP contribution in [0.1, 0.15) is 26.3 Å². The van der Waals surface area contributed by atoms with E-state index in [0.717, 1.165) is 5.56 Å². The summed E-state index contributed by atoms with van der Waals surface area (Å²) < 4.78 is 7.24. The van der Waals surface area contributed by atoms with Crippen LogP contribution in [-0.2, 0) is 12.1 Å². The number of hydrogen-bond acceptors (Lipinski definition) is 4. The van der Waals surface area contributed by atoms with Crippen LogP contribution >= 0.6 is 0 Å².